The Morgan fingerprint density at radius 2 is 1.93 bits per heavy atom. The van der Waals surface area contributed by atoms with Crippen LogP contribution in [0.3, 0.4) is 0 Å². The molecule has 5 nitrogen and oxygen atoms in total. The zero-order chi connectivity index (χ0) is 19.8. The van der Waals surface area contributed by atoms with Crippen molar-refractivity contribution in [3.63, 3.8) is 0 Å². The minimum atomic E-state index is -1.02. The van der Waals surface area contributed by atoms with Crippen molar-refractivity contribution < 1.29 is 27.8 Å². The number of para-hydroxylation sites is 1. The van der Waals surface area contributed by atoms with Crippen LogP contribution in [-0.2, 0) is 20.9 Å². The van der Waals surface area contributed by atoms with E-state index >= 15 is 0 Å². The van der Waals surface area contributed by atoms with E-state index in [9.17, 15) is 18.4 Å². The summed E-state index contributed by atoms with van der Waals surface area (Å²) in [5.41, 5.74) is 0.781. The van der Waals surface area contributed by atoms with Crippen molar-refractivity contribution in [3.8, 4) is 5.75 Å². The van der Waals surface area contributed by atoms with Crippen LogP contribution in [0.15, 0.2) is 47.4 Å². The normalized spacial score (nSPS) is 11.6. The second kappa shape index (κ2) is 9.91. The second-order valence-corrected chi connectivity index (χ2v) is 6.54. The molecule has 0 aliphatic rings. The van der Waals surface area contributed by atoms with E-state index in [1.807, 2.05) is 12.1 Å². The number of esters is 1. The van der Waals surface area contributed by atoms with Crippen molar-refractivity contribution in [2.75, 3.05) is 12.9 Å². The number of thioether (sulfide) groups is 1. The van der Waals surface area contributed by atoms with E-state index in [2.05, 4.69) is 5.32 Å². The number of carbonyl (C=O) groups excluding carboxylic acids is 2. The first-order chi connectivity index (χ1) is 12.9. The number of nitrogens with one attached hydrogen (secondary N) is 1. The Balaban J connectivity index is 1.81. The van der Waals surface area contributed by atoms with Gasteiger partial charge in [-0.2, -0.15) is 0 Å². The van der Waals surface area contributed by atoms with Crippen LogP contribution in [0.1, 0.15) is 12.5 Å². The van der Waals surface area contributed by atoms with Crippen LogP contribution >= 0.6 is 11.8 Å². The van der Waals surface area contributed by atoms with Crippen molar-refractivity contribution in [1.82, 2.24) is 5.32 Å². The molecule has 2 aromatic rings. The number of amides is 1. The zero-order valence-electron chi connectivity index (χ0n) is 14.8. The van der Waals surface area contributed by atoms with Crippen LogP contribution in [0.25, 0.3) is 0 Å². The quantitative estimate of drug-likeness (QED) is 0.549. The molecule has 0 aliphatic carbocycles. The fraction of sp³-hybridized carbons (Fsp3) is 0.263. The first kappa shape index (κ1) is 20.7. The fourth-order valence-electron chi connectivity index (χ4n) is 2.18. The smallest absolute Gasteiger partial charge is 0.317 e. The molecule has 0 saturated heterocycles. The number of carbonyl (C=O) groups is 2. The Morgan fingerprint density at radius 3 is 2.67 bits per heavy atom. The monoisotopic (exact) mass is 395 g/mol. The highest BCUT2D eigenvalue weighted by Crippen LogP contribution is 2.23. The van der Waals surface area contributed by atoms with E-state index in [0.29, 0.717) is 5.75 Å². The van der Waals surface area contributed by atoms with Crippen LogP contribution in [0.2, 0.25) is 0 Å². The number of hydrogen-bond acceptors (Lipinski definition) is 5. The van der Waals surface area contributed by atoms with Crippen molar-refractivity contribution >= 4 is 23.6 Å². The average Bonchev–Trinajstić information content (AvgIpc) is 2.66. The van der Waals surface area contributed by atoms with Gasteiger partial charge in [0.1, 0.15) is 17.4 Å². The van der Waals surface area contributed by atoms with Gasteiger partial charge in [0.05, 0.1) is 12.9 Å². The van der Waals surface area contributed by atoms with Gasteiger partial charge in [-0.15, -0.1) is 11.8 Å². The minimum Gasteiger partial charge on any atom is -0.496 e. The lowest BCUT2D eigenvalue weighted by atomic mass is 10.2. The molecule has 1 amide bonds. The van der Waals surface area contributed by atoms with E-state index in [1.165, 1.54) is 14.0 Å². The maximum Gasteiger partial charge on any atom is 0.317 e. The summed E-state index contributed by atoms with van der Waals surface area (Å²) in [6.45, 7) is 1.65. The van der Waals surface area contributed by atoms with Crippen molar-refractivity contribution in [3.05, 3.63) is 59.7 Å². The highest BCUT2D eigenvalue weighted by atomic mass is 32.2. The molecule has 8 heteroatoms. The van der Waals surface area contributed by atoms with E-state index in [0.717, 1.165) is 35.5 Å². The van der Waals surface area contributed by atoms with Gasteiger partial charge in [-0.3, -0.25) is 9.59 Å². The van der Waals surface area contributed by atoms with E-state index in [-0.39, 0.29) is 17.2 Å². The minimum absolute atomic E-state index is 0.000210. The highest BCUT2D eigenvalue weighted by Gasteiger charge is 2.18. The van der Waals surface area contributed by atoms with Crippen molar-refractivity contribution in [2.24, 2.45) is 0 Å². The number of ether oxygens (including phenoxy) is 2. The molecule has 1 N–H and O–H groups in total. The number of hydrogen-bond donors (Lipinski definition) is 1. The van der Waals surface area contributed by atoms with E-state index in [1.54, 1.807) is 12.1 Å². The molecule has 0 aliphatic heterocycles. The topological polar surface area (TPSA) is 64.6 Å². The number of rotatable bonds is 8. The van der Waals surface area contributed by atoms with Crippen LogP contribution in [-0.4, -0.2) is 30.8 Å². The van der Waals surface area contributed by atoms with Crippen LogP contribution in [0, 0.1) is 11.6 Å². The first-order valence-electron chi connectivity index (χ1n) is 8.07. The third-order valence-corrected chi connectivity index (χ3v) is 4.57. The molecule has 0 fully saturated rings. The van der Waals surface area contributed by atoms with Crippen molar-refractivity contribution in [1.29, 1.82) is 0 Å². The average molecular weight is 395 g/mol. The van der Waals surface area contributed by atoms with E-state index < -0.39 is 29.6 Å². The van der Waals surface area contributed by atoms with Crippen molar-refractivity contribution in [2.45, 2.75) is 24.5 Å². The molecular weight excluding hydrogens is 376 g/mol. The van der Waals surface area contributed by atoms with E-state index in [4.69, 9.17) is 9.47 Å². The van der Waals surface area contributed by atoms with Gasteiger partial charge in [-0.05, 0) is 31.2 Å². The number of methoxy groups -OCH3 is 1. The molecule has 0 unspecified atom stereocenters. The van der Waals surface area contributed by atoms with Gasteiger partial charge < -0.3 is 14.8 Å². The molecule has 0 saturated carbocycles. The summed E-state index contributed by atoms with van der Waals surface area (Å²) >= 11 is 0.800. The molecule has 2 rings (SSSR count). The molecule has 0 radical (unpaired) electrons. The summed E-state index contributed by atoms with van der Waals surface area (Å²) in [5, 5.41) is 2.66. The molecule has 1 atom stereocenters. The molecule has 0 spiro atoms. The fourth-order valence-corrected chi connectivity index (χ4v) is 2.93. The van der Waals surface area contributed by atoms with Gasteiger partial charge in [-0.1, -0.05) is 18.2 Å². The molecule has 2 aromatic carbocycles. The Kier molecular flexibility index (Phi) is 7.60. The number of halogens is 2. The summed E-state index contributed by atoms with van der Waals surface area (Å²) in [6.07, 6.45) is -1.02. The summed E-state index contributed by atoms with van der Waals surface area (Å²) in [5.74, 6) is -2.02. The van der Waals surface area contributed by atoms with Gasteiger partial charge in [0.2, 0.25) is 0 Å². The Hall–Kier alpha value is -2.61. The molecule has 27 heavy (non-hydrogen) atoms. The lowest BCUT2D eigenvalue weighted by Crippen LogP contribution is -2.35. The first-order valence-corrected chi connectivity index (χ1v) is 9.06. The summed E-state index contributed by atoms with van der Waals surface area (Å²) in [6, 6.07) is 10.2. The SMILES string of the molecule is COc1ccccc1CNC(=O)[C@@H](C)OC(=O)CSc1cc(F)ccc1F. The highest BCUT2D eigenvalue weighted by molar-refractivity contribution is 8.00. The third kappa shape index (κ3) is 6.25. The maximum atomic E-state index is 13.5. The Bertz CT molecular complexity index is 816. The van der Waals surface area contributed by atoms with Gasteiger partial charge >= 0.3 is 5.97 Å². The standard InChI is InChI=1S/C19H19F2NO4S/c1-12(19(24)22-10-13-5-3-4-6-16(13)25-2)26-18(23)11-27-17-9-14(20)7-8-15(17)21/h3-9,12H,10-11H2,1-2H3,(H,22,24)/t12-/m1/s1. The Labute approximate surface area is 160 Å². The van der Waals surface area contributed by atoms with Gasteiger partial charge in [0.25, 0.3) is 5.91 Å². The lowest BCUT2D eigenvalue weighted by molar-refractivity contribution is -0.152. The zero-order valence-corrected chi connectivity index (χ0v) is 15.6. The molecule has 0 bridgehead atoms. The predicted molar refractivity (Wildman–Crippen MR) is 97.5 cm³/mol. The summed E-state index contributed by atoms with van der Waals surface area (Å²) in [7, 11) is 1.53. The predicted octanol–water partition coefficient (Wildman–Crippen LogP) is 3.31. The number of benzene rings is 2. The van der Waals surface area contributed by atoms with Gasteiger partial charge in [0, 0.05) is 17.0 Å². The van der Waals surface area contributed by atoms with Crippen LogP contribution < -0.4 is 10.1 Å². The maximum absolute atomic E-state index is 13.5. The van der Waals surface area contributed by atoms with Crippen LogP contribution in [0.5, 0.6) is 5.75 Å². The summed E-state index contributed by atoms with van der Waals surface area (Å²) in [4.78, 5) is 23.9. The molecule has 144 valence electrons. The molecule has 0 aromatic heterocycles. The second-order valence-electron chi connectivity index (χ2n) is 5.53. The Morgan fingerprint density at radius 1 is 1.19 bits per heavy atom. The lowest BCUT2D eigenvalue weighted by Gasteiger charge is -2.14. The van der Waals surface area contributed by atoms with Gasteiger partial charge in [0.15, 0.2) is 6.10 Å². The molecule has 0 heterocycles. The van der Waals surface area contributed by atoms with Gasteiger partial charge in [-0.25, -0.2) is 8.78 Å². The van der Waals surface area contributed by atoms with Crippen LogP contribution in [0.4, 0.5) is 8.78 Å². The largest absolute Gasteiger partial charge is 0.496 e. The molecular formula is C19H19F2NO4S. The summed E-state index contributed by atoms with van der Waals surface area (Å²) < 4.78 is 36.9. The third-order valence-electron chi connectivity index (χ3n) is 3.56.